The molecular formula is C20H23NO3. The van der Waals surface area contributed by atoms with Crippen LogP contribution in [0.5, 0.6) is 11.5 Å². The van der Waals surface area contributed by atoms with Gasteiger partial charge in [-0.1, -0.05) is 29.8 Å². The molecule has 1 heterocycles. The van der Waals surface area contributed by atoms with Crippen LogP contribution in [0.4, 0.5) is 0 Å². The summed E-state index contributed by atoms with van der Waals surface area (Å²) in [6.45, 7) is 7.19. The van der Waals surface area contributed by atoms with E-state index in [1.54, 1.807) is 0 Å². The molecule has 0 aliphatic carbocycles. The molecule has 0 saturated heterocycles. The zero-order chi connectivity index (χ0) is 17.1. The number of benzene rings is 2. The number of fused-ring (bicyclic) bond motifs is 1. The normalized spacial score (nSPS) is 14.1. The van der Waals surface area contributed by atoms with Crippen molar-refractivity contribution < 1.29 is 14.3 Å². The number of hydrogen-bond donors (Lipinski definition) is 1. The van der Waals surface area contributed by atoms with E-state index in [9.17, 15) is 4.79 Å². The fourth-order valence-electron chi connectivity index (χ4n) is 2.87. The molecule has 4 nitrogen and oxygen atoms in total. The molecule has 4 heteroatoms. The second-order valence-corrected chi connectivity index (χ2v) is 6.30. The molecule has 0 spiro atoms. The van der Waals surface area contributed by atoms with E-state index in [1.807, 2.05) is 39.0 Å². The number of carbonyl (C=O) groups is 1. The van der Waals surface area contributed by atoms with Gasteiger partial charge in [0.05, 0.1) is 12.5 Å². The highest BCUT2D eigenvalue weighted by Gasteiger charge is 2.16. The van der Waals surface area contributed by atoms with Gasteiger partial charge in [-0.3, -0.25) is 4.79 Å². The molecule has 0 radical (unpaired) electrons. The third-order valence-corrected chi connectivity index (χ3v) is 4.30. The lowest BCUT2D eigenvalue weighted by Gasteiger charge is -2.21. The minimum Gasteiger partial charge on any atom is -0.486 e. The third-order valence-electron chi connectivity index (χ3n) is 4.30. The summed E-state index contributed by atoms with van der Waals surface area (Å²) in [6, 6.07) is 11.9. The summed E-state index contributed by atoms with van der Waals surface area (Å²) >= 11 is 0. The Bertz CT molecular complexity index is 755. The van der Waals surface area contributed by atoms with Crippen LogP contribution < -0.4 is 14.8 Å². The summed E-state index contributed by atoms with van der Waals surface area (Å²) in [7, 11) is 0. The molecule has 0 fully saturated rings. The van der Waals surface area contributed by atoms with Crippen LogP contribution in [0, 0.1) is 13.8 Å². The summed E-state index contributed by atoms with van der Waals surface area (Å²) < 4.78 is 11.1. The van der Waals surface area contributed by atoms with Crippen LogP contribution >= 0.6 is 0 Å². The van der Waals surface area contributed by atoms with Gasteiger partial charge in [0.15, 0.2) is 11.5 Å². The predicted molar refractivity (Wildman–Crippen MR) is 93.6 cm³/mol. The summed E-state index contributed by atoms with van der Waals surface area (Å²) in [6.07, 6.45) is 0.391. The van der Waals surface area contributed by atoms with Crippen molar-refractivity contribution in [1.29, 1.82) is 0 Å². The van der Waals surface area contributed by atoms with Crippen molar-refractivity contribution in [2.75, 3.05) is 13.2 Å². The molecule has 0 unspecified atom stereocenters. The highest BCUT2D eigenvalue weighted by molar-refractivity contribution is 5.79. The summed E-state index contributed by atoms with van der Waals surface area (Å²) in [5.41, 5.74) is 4.39. The van der Waals surface area contributed by atoms with Gasteiger partial charge in [0.2, 0.25) is 5.91 Å². The Morgan fingerprint density at radius 1 is 1.08 bits per heavy atom. The molecule has 2 aromatic rings. The first kappa shape index (κ1) is 16.4. The van der Waals surface area contributed by atoms with Crippen molar-refractivity contribution in [3.63, 3.8) is 0 Å². The van der Waals surface area contributed by atoms with E-state index in [0.717, 1.165) is 28.2 Å². The molecule has 1 atom stereocenters. The van der Waals surface area contributed by atoms with E-state index in [1.165, 1.54) is 5.56 Å². The maximum absolute atomic E-state index is 12.4. The lowest BCUT2D eigenvalue weighted by atomic mass is 10.0. The van der Waals surface area contributed by atoms with Gasteiger partial charge in [-0.05, 0) is 49.6 Å². The Hall–Kier alpha value is -2.49. The van der Waals surface area contributed by atoms with E-state index >= 15 is 0 Å². The summed E-state index contributed by atoms with van der Waals surface area (Å²) in [4.78, 5) is 12.4. The highest BCUT2D eigenvalue weighted by Crippen LogP contribution is 2.32. The monoisotopic (exact) mass is 325 g/mol. The average Bonchev–Trinajstić information content (AvgIpc) is 2.57. The van der Waals surface area contributed by atoms with Crippen molar-refractivity contribution in [1.82, 2.24) is 5.32 Å². The Balaban J connectivity index is 1.66. The second kappa shape index (κ2) is 6.95. The standard InChI is InChI=1S/C20H23NO3/c1-13-4-5-14(2)17(10-13)12-20(22)21-15(3)16-6-7-18-19(11-16)24-9-8-23-18/h4-7,10-11,15H,8-9,12H2,1-3H3,(H,21,22)/t15-/m0/s1. The van der Waals surface area contributed by atoms with Crippen LogP contribution in [-0.2, 0) is 11.2 Å². The van der Waals surface area contributed by atoms with E-state index in [4.69, 9.17) is 9.47 Å². The summed E-state index contributed by atoms with van der Waals surface area (Å²) in [5, 5.41) is 3.06. The van der Waals surface area contributed by atoms with Crippen molar-refractivity contribution in [3.05, 3.63) is 58.7 Å². The molecule has 3 rings (SSSR count). The first-order chi connectivity index (χ1) is 11.5. The molecule has 2 aromatic carbocycles. The molecular weight excluding hydrogens is 302 g/mol. The number of nitrogens with one attached hydrogen (secondary N) is 1. The van der Waals surface area contributed by atoms with Crippen LogP contribution in [0.1, 0.15) is 35.2 Å². The van der Waals surface area contributed by atoms with Gasteiger partial charge in [0, 0.05) is 0 Å². The minimum atomic E-state index is -0.0848. The maximum atomic E-state index is 12.4. The topological polar surface area (TPSA) is 47.6 Å². The zero-order valence-electron chi connectivity index (χ0n) is 14.4. The zero-order valence-corrected chi connectivity index (χ0v) is 14.4. The Morgan fingerprint density at radius 2 is 1.83 bits per heavy atom. The van der Waals surface area contributed by atoms with Crippen LogP contribution in [-0.4, -0.2) is 19.1 Å². The average molecular weight is 325 g/mol. The van der Waals surface area contributed by atoms with E-state index in [0.29, 0.717) is 19.6 Å². The minimum absolute atomic E-state index is 0.0195. The van der Waals surface area contributed by atoms with Gasteiger partial charge in [-0.25, -0.2) is 0 Å². The predicted octanol–water partition coefficient (Wildman–Crippen LogP) is 3.49. The van der Waals surface area contributed by atoms with Gasteiger partial charge in [0.25, 0.3) is 0 Å². The molecule has 24 heavy (non-hydrogen) atoms. The molecule has 1 aliphatic heterocycles. The largest absolute Gasteiger partial charge is 0.486 e. The fourth-order valence-corrected chi connectivity index (χ4v) is 2.87. The number of amides is 1. The van der Waals surface area contributed by atoms with E-state index in [2.05, 4.69) is 23.5 Å². The van der Waals surface area contributed by atoms with Gasteiger partial charge < -0.3 is 14.8 Å². The Labute approximate surface area is 142 Å². The van der Waals surface area contributed by atoms with Gasteiger partial charge in [-0.2, -0.15) is 0 Å². The Kier molecular flexibility index (Phi) is 4.74. The van der Waals surface area contributed by atoms with Crippen LogP contribution in [0.3, 0.4) is 0 Å². The van der Waals surface area contributed by atoms with Crippen molar-refractivity contribution >= 4 is 5.91 Å². The van der Waals surface area contributed by atoms with Crippen molar-refractivity contribution in [2.24, 2.45) is 0 Å². The Morgan fingerprint density at radius 3 is 2.62 bits per heavy atom. The van der Waals surface area contributed by atoms with E-state index < -0.39 is 0 Å². The first-order valence-electron chi connectivity index (χ1n) is 8.28. The first-order valence-corrected chi connectivity index (χ1v) is 8.28. The number of aryl methyl sites for hydroxylation is 2. The fraction of sp³-hybridized carbons (Fsp3) is 0.350. The lowest BCUT2D eigenvalue weighted by Crippen LogP contribution is -2.28. The number of carbonyl (C=O) groups excluding carboxylic acids is 1. The van der Waals surface area contributed by atoms with Crippen molar-refractivity contribution in [3.8, 4) is 11.5 Å². The van der Waals surface area contributed by atoms with E-state index in [-0.39, 0.29) is 11.9 Å². The smallest absolute Gasteiger partial charge is 0.224 e. The second-order valence-electron chi connectivity index (χ2n) is 6.30. The maximum Gasteiger partial charge on any atom is 0.224 e. The number of hydrogen-bond acceptors (Lipinski definition) is 3. The van der Waals surface area contributed by atoms with Crippen LogP contribution in [0.15, 0.2) is 36.4 Å². The van der Waals surface area contributed by atoms with Gasteiger partial charge in [-0.15, -0.1) is 0 Å². The highest BCUT2D eigenvalue weighted by atomic mass is 16.6. The molecule has 126 valence electrons. The molecule has 1 N–H and O–H groups in total. The molecule has 0 saturated carbocycles. The third kappa shape index (κ3) is 3.70. The molecule has 0 aromatic heterocycles. The van der Waals surface area contributed by atoms with Crippen LogP contribution in [0.25, 0.3) is 0 Å². The number of rotatable bonds is 4. The lowest BCUT2D eigenvalue weighted by molar-refractivity contribution is -0.121. The molecule has 0 bridgehead atoms. The van der Waals surface area contributed by atoms with Gasteiger partial charge >= 0.3 is 0 Å². The molecule has 1 aliphatic rings. The van der Waals surface area contributed by atoms with Crippen LogP contribution in [0.2, 0.25) is 0 Å². The van der Waals surface area contributed by atoms with Crippen molar-refractivity contribution in [2.45, 2.75) is 33.2 Å². The molecule has 1 amide bonds. The quantitative estimate of drug-likeness (QED) is 0.936. The summed E-state index contributed by atoms with van der Waals surface area (Å²) in [5.74, 6) is 1.53. The number of ether oxygens (including phenoxy) is 2. The SMILES string of the molecule is Cc1ccc(C)c(CC(=O)N[C@@H](C)c2ccc3c(c2)OCCO3)c1. The van der Waals surface area contributed by atoms with Gasteiger partial charge in [0.1, 0.15) is 13.2 Å².